The highest BCUT2D eigenvalue weighted by Crippen LogP contribution is 2.28. The minimum Gasteiger partial charge on any atom is -0.493 e. The van der Waals surface area contributed by atoms with Crippen LogP contribution in [0.3, 0.4) is 0 Å². The molecule has 1 aliphatic heterocycles. The lowest BCUT2D eigenvalue weighted by Gasteiger charge is -2.15. The van der Waals surface area contributed by atoms with Crippen LogP contribution in [0.5, 0.6) is 11.5 Å². The van der Waals surface area contributed by atoms with Crippen molar-refractivity contribution < 1.29 is 23.9 Å². The van der Waals surface area contributed by atoms with E-state index in [0.717, 1.165) is 21.4 Å². The van der Waals surface area contributed by atoms with Crippen LogP contribution in [0, 0.1) is 0 Å². The Kier molecular flexibility index (Phi) is 5.98. The van der Waals surface area contributed by atoms with E-state index < -0.39 is 12.1 Å². The molecule has 0 radical (unpaired) electrons. The van der Waals surface area contributed by atoms with Crippen LogP contribution in [0.15, 0.2) is 48.7 Å². The monoisotopic (exact) mass is 436 g/mol. The van der Waals surface area contributed by atoms with Crippen LogP contribution in [0.2, 0.25) is 0 Å². The average molecular weight is 436 g/mol. The first-order chi connectivity index (χ1) is 15.5. The van der Waals surface area contributed by atoms with E-state index in [9.17, 15) is 14.4 Å². The van der Waals surface area contributed by atoms with Gasteiger partial charge in [0, 0.05) is 29.2 Å². The second-order valence-electron chi connectivity index (χ2n) is 7.48. The van der Waals surface area contributed by atoms with Crippen LogP contribution in [-0.4, -0.2) is 48.0 Å². The van der Waals surface area contributed by atoms with Gasteiger partial charge in [0.15, 0.2) is 11.5 Å². The third-order valence-electron chi connectivity index (χ3n) is 5.39. The van der Waals surface area contributed by atoms with Gasteiger partial charge in [-0.2, -0.15) is 0 Å². The minimum atomic E-state index is -0.736. The predicted octanol–water partition coefficient (Wildman–Crippen LogP) is 3.02. The van der Waals surface area contributed by atoms with Crippen molar-refractivity contribution in [3.63, 3.8) is 0 Å². The highest BCUT2D eigenvalue weighted by molar-refractivity contribution is 6.04. The van der Waals surface area contributed by atoms with Crippen molar-refractivity contribution >= 4 is 34.4 Å². The number of amides is 4. The lowest BCUT2D eigenvalue weighted by atomic mass is 10.1. The van der Waals surface area contributed by atoms with E-state index >= 15 is 0 Å². The zero-order valence-electron chi connectivity index (χ0n) is 17.8. The number of rotatable bonds is 8. The van der Waals surface area contributed by atoms with Crippen LogP contribution >= 0.6 is 0 Å². The Balaban J connectivity index is 1.33. The van der Waals surface area contributed by atoms with E-state index in [1.54, 1.807) is 18.2 Å². The van der Waals surface area contributed by atoms with Crippen LogP contribution < -0.4 is 20.1 Å². The normalized spacial score (nSPS) is 15.7. The molecule has 1 atom stereocenters. The maximum absolute atomic E-state index is 12.7. The lowest BCUT2D eigenvalue weighted by molar-refractivity contribution is -0.128. The van der Waals surface area contributed by atoms with Gasteiger partial charge in [0.1, 0.15) is 6.04 Å². The molecule has 0 saturated carbocycles. The maximum atomic E-state index is 12.7. The molecule has 1 saturated heterocycles. The smallest absolute Gasteiger partial charge is 0.325 e. The second kappa shape index (κ2) is 9.01. The van der Waals surface area contributed by atoms with Crippen molar-refractivity contribution in [2.75, 3.05) is 19.5 Å². The van der Waals surface area contributed by atoms with E-state index in [4.69, 9.17) is 9.47 Å². The number of benzene rings is 2. The Labute approximate surface area is 184 Å². The molecule has 1 aromatic heterocycles. The van der Waals surface area contributed by atoms with Crippen molar-refractivity contribution in [1.82, 2.24) is 15.2 Å². The number of carbonyl (C=O) groups excluding carboxylic acids is 3. The standard InChI is InChI=1S/C23H24N4O5/c1-31-19-7-3-14(11-20(19)32-2)13-27-22(29)18(26-23(27)30)6-8-21(28)25-16-4-5-17-15(12-16)9-10-24-17/h3-5,7,9-12,18,24H,6,8,13H2,1-2H3,(H,25,28)(H,26,30). The summed E-state index contributed by atoms with van der Waals surface area (Å²) in [7, 11) is 3.06. The summed E-state index contributed by atoms with van der Waals surface area (Å²) in [5.41, 5.74) is 2.39. The second-order valence-corrected chi connectivity index (χ2v) is 7.48. The number of carbonyl (C=O) groups is 3. The molecule has 1 aliphatic rings. The van der Waals surface area contributed by atoms with Crippen molar-refractivity contribution in [3.8, 4) is 11.5 Å². The van der Waals surface area contributed by atoms with Crippen LogP contribution in [0.25, 0.3) is 10.9 Å². The molecule has 9 heteroatoms. The topological polar surface area (TPSA) is 113 Å². The number of nitrogens with zero attached hydrogens (tertiary/aromatic N) is 1. The number of hydrogen-bond acceptors (Lipinski definition) is 5. The molecule has 1 fully saturated rings. The Morgan fingerprint density at radius 1 is 1.06 bits per heavy atom. The molecule has 2 heterocycles. The van der Waals surface area contributed by atoms with Gasteiger partial charge in [-0.25, -0.2) is 4.79 Å². The molecular formula is C23H24N4O5. The summed E-state index contributed by atoms with van der Waals surface area (Å²) in [5.74, 6) is 0.502. The largest absolute Gasteiger partial charge is 0.493 e. The van der Waals surface area contributed by atoms with E-state index in [0.29, 0.717) is 17.2 Å². The first-order valence-electron chi connectivity index (χ1n) is 10.2. The number of fused-ring (bicyclic) bond motifs is 1. The number of H-pyrrole nitrogens is 1. The molecular weight excluding hydrogens is 412 g/mol. The fraction of sp³-hybridized carbons (Fsp3) is 0.261. The number of aromatic amines is 1. The minimum absolute atomic E-state index is 0.102. The predicted molar refractivity (Wildman–Crippen MR) is 119 cm³/mol. The van der Waals surface area contributed by atoms with E-state index in [2.05, 4.69) is 15.6 Å². The SMILES string of the molecule is COc1ccc(CN2C(=O)NC(CCC(=O)Nc3ccc4[nH]ccc4c3)C2=O)cc1OC. The van der Waals surface area contributed by atoms with Crippen LogP contribution in [-0.2, 0) is 16.1 Å². The van der Waals surface area contributed by atoms with Gasteiger partial charge < -0.3 is 25.1 Å². The van der Waals surface area contributed by atoms with Gasteiger partial charge in [-0.3, -0.25) is 14.5 Å². The molecule has 4 rings (SSSR count). The number of anilines is 1. The molecule has 32 heavy (non-hydrogen) atoms. The summed E-state index contributed by atoms with van der Waals surface area (Å²) < 4.78 is 10.5. The molecule has 0 spiro atoms. The van der Waals surface area contributed by atoms with Gasteiger partial charge in [-0.1, -0.05) is 6.07 Å². The molecule has 4 amide bonds. The number of methoxy groups -OCH3 is 2. The van der Waals surface area contributed by atoms with Crippen molar-refractivity contribution in [2.24, 2.45) is 0 Å². The zero-order valence-corrected chi connectivity index (χ0v) is 17.8. The lowest BCUT2D eigenvalue weighted by Crippen LogP contribution is -2.31. The third kappa shape index (κ3) is 4.36. The fourth-order valence-corrected chi connectivity index (χ4v) is 3.71. The Morgan fingerprint density at radius 2 is 1.88 bits per heavy atom. The number of urea groups is 1. The summed E-state index contributed by atoms with van der Waals surface area (Å²) in [5, 5.41) is 6.49. The quantitative estimate of drug-likeness (QED) is 0.470. The summed E-state index contributed by atoms with van der Waals surface area (Å²) in [6, 6.07) is 11.5. The zero-order chi connectivity index (χ0) is 22.7. The van der Waals surface area contributed by atoms with Gasteiger partial charge in [-0.05, 0) is 48.4 Å². The Bertz CT molecular complexity index is 1170. The number of aromatic nitrogens is 1. The van der Waals surface area contributed by atoms with E-state index in [1.165, 1.54) is 14.2 Å². The fourth-order valence-electron chi connectivity index (χ4n) is 3.71. The molecule has 3 N–H and O–H groups in total. The molecule has 3 aromatic rings. The number of nitrogens with one attached hydrogen (secondary N) is 3. The average Bonchev–Trinajstić information content (AvgIpc) is 3.36. The molecule has 166 valence electrons. The Hall–Kier alpha value is -4.01. The number of hydrogen-bond donors (Lipinski definition) is 3. The summed E-state index contributed by atoms with van der Waals surface area (Å²) >= 11 is 0. The van der Waals surface area contributed by atoms with Crippen molar-refractivity contribution in [3.05, 3.63) is 54.2 Å². The molecule has 0 bridgehead atoms. The number of ether oxygens (including phenoxy) is 2. The van der Waals surface area contributed by atoms with Gasteiger partial charge in [-0.15, -0.1) is 0 Å². The van der Waals surface area contributed by atoms with Crippen LogP contribution in [0.1, 0.15) is 18.4 Å². The van der Waals surface area contributed by atoms with Crippen molar-refractivity contribution in [2.45, 2.75) is 25.4 Å². The van der Waals surface area contributed by atoms with Gasteiger partial charge in [0.2, 0.25) is 5.91 Å². The van der Waals surface area contributed by atoms with Crippen molar-refractivity contribution in [1.29, 1.82) is 0 Å². The molecule has 9 nitrogen and oxygen atoms in total. The van der Waals surface area contributed by atoms with Gasteiger partial charge >= 0.3 is 6.03 Å². The summed E-state index contributed by atoms with van der Waals surface area (Å²) in [6.07, 6.45) is 2.15. The first kappa shape index (κ1) is 21.2. The highest BCUT2D eigenvalue weighted by atomic mass is 16.5. The maximum Gasteiger partial charge on any atom is 0.325 e. The summed E-state index contributed by atoms with van der Waals surface area (Å²) in [4.78, 5) is 41.7. The van der Waals surface area contributed by atoms with E-state index in [1.807, 2.05) is 30.5 Å². The molecule has 0 aliphatic carbocycles. The third-order valence-corrected chi connectivity index (χ3v) is 5.39. The molecule has 2 aromatic carbocycles. The molecule has 1 unspecified atom stereocenters. The highest BCUT2D eigenvalue weighted by Gasteiger charge is 2.37. The number of imide groups is 1. The van der Waals surface area contributed by atoms with E-state index in [-0.39, 0.29) is 31.2 Å². The Morgan fingerprint density at radius 3 is 2.66 bits per heavy atom. The summed E-state index contributed by atoms with van der Waals surface area (Å²) in [6.45, 7) is 0.102. The van der Waals surface area contributed by atoms with Gasteiger partial charge in [0.05, 0.1) is 20.8 Å². The first-order valence-corrected chi connectivity index (χ1v) is 10.2. The van der Waals surface area contributed by atoms with Gasteiger partial charge in [0.25, 0.3) is 5.91 Å². The van der Waals surface area contributed by atoms with Crippen LogP contribution in [0.4, 0.5) is 10.5 Å².